The molecule has 20 heavy (non-hydrogen) atoms. The van der Waals surface area contributed by atoms with Crippen LogP contribution < -0.4 is 10.1 Å². The number of halogens is 1. The third kappa shape index (κ3) is 4.82. The molecule has 0 aromatic carbocycles. The first-order valence-corrected chi connectivity index (χ1v) is 7.97. The lowest BCUT2D eigenvalue weighted by Crippen LogP contribution is -2.22. The van der Waals surface area contributed by atoms with Crippen molar-refractivity contribution >= 4 is 17.5 Å². The molecule has 1 aromatic rings. The van der Waals surface area contributed by atoms with Crippen LogP contribution in [-0.4, -0.2) is 28.5 Å². The molecule has 5 heteroatoms. The topological polar surface area (TPSA) is 47.0 Å². The van der Waals surface area contributed by atoms with Crippen LogP contribution in [0.25, 0.3) is 0 Å². The predicted octanol–water partition coefficient (Wildman–Crippen LogP) is 3.78. The van der Waals surface area contributed by atoms with E-state index in [9.17, 15) is 0 Å². The van der Waals surface area contributed by atoms with Crippen LogP contribution in [0.2, 0.25) is 0 Å². The van der Waals surface area contributed by atoms with Gasteiger partial charge < -0.3 is 10.1 Å². The quantitative estimate of drug-likeness (QED) is 0.812. The van der Waals surface area contributed by atoms with Gasteiger partial charge in [-0.1, -0.05) is 6.92 Å². The Morgan fingerprint density at radius 2 is 2.05 bits per heavy atom. The molecule has 112 valence electrons. The van der Waals surface area contributed by atoms with Crippen molar-refractivity contribution in [3.63, 3.8) is 0 Å². The highest BCUT2D eigenvalue weighted by Gasteiger charge is 2.19. The number of aromatic nitrogens is 2. The Bertz CT molecular complexity index is 420. The number of alkyl halides is 1. The van der Waals surface area contributed by atoms with E-state index in [-0.39, 0.29) is 0 Å². The van der Waals surface area contributed by atoms with Crippen molar-refractivity contribution in [2.75, 3.05) is 18.5 Å². The number of hydrogen-bond acceptors (Lipinski definition) is 4. The van der Waals surface area contributed by atoms with Crippen molar-refractivity contribution in [3.8, 4) is 5.88 Å². The second kappa shape index (κ2) is 7.67. The fourth-order valence-corrected chi connectivity index (χ4v) is 2.71. The minimum absolute atomic E-state index is 0.371. The van der Waals surface area contributed by atoms with Crippen molar-refractivity contribution in [2.24, 2.45) is 5.92 Å². The minimum Gasteiger partial charge on any atom is -0.478 e. The standard InChI is InChI=1S/C15H24ClN3O/c1-3-8-20-14-9-11(2)18-15(19-14)17-10-12-4-6-13(16)7-5-12/h9,12-13H,3-8,10H2,1-2H3,(H,17,18,19). The highest BCUT2D eigenvalue weighted by Crippen LogP contribution is 2.27. The van der Waals surface area contributed by atoms with Gasteiger partial charge in [-0.25, -0.2) is 4.98 Å². The van der Waals surface area contributed by atoms with E-state index in [1.165, 1.54) is 12.8 Å². The molecule has 1 aliphatic rings. The molecular weight excluding hydrogens is 274 g/mol. The normalized spacial score (nSPS) is 22.6. The molecular formula is C15H24ClN3O. The van der Waals surface area contributed by atoms with Crippen molar-refractivity contribution in [2.45, 2.75) is 51.3 Å². The van der Waals surface area contributed by atoms with Crippen molar-refractivity contribution in [3.05, 3.63) is 11.8 Å². The molecule has 1 saturated carbocycles. The smallest absolute Gasteiger partial charge is 0.226 e. The number of nitrogens with one attached hydrogen (secondary N) is 1. The van der Waals surface area contributed by atoms with E-state index >= 15 is 0 Å². The maximum Gasteiger partial charge on any atom is 0.226 e. The van der Waals surface area contributed by atoms with E-state index in [1.807, 2.05) is 13.0 Å². The highest BCUT2D eigenvalue weighted by atomic mass is 35.5. The average Bonchev–Trinajstić information content (AvgIpc) is 2.44. The van der Waals surface area contributed by atoms with Crippen LogP contribution >= 0.6 is 11.6 Å². The van der Waals surface area contributed by atoms with Crippen LogP contribution in [0.4, 0.5) is 5.95 Å². The molecule has 1 heterocycles. The summed E-state index contributed by atoms with van der Waals surface area (Å²) in [6.45, 7) is 5.65. The Balaban J connectivity index is 1.87. The highest BCUT2D eigenvalue weighted by molar-refractivity contribution is 6.20. The summed E-state index contributed by atoms with van der Waals surface area (Å²) in [6, 6.07) is 1.87. The molecule has 0 radical (unpaired) electrons. The summed E-state index contributed by atoms with van der Waals surface area (Å²) in [6.07, 6.45) is 5.59. The number of nitrogens with zero attached hydrogens (tertiary/aromatic N) is 2. The van der Waals surface area contributed by atoms with E-state index in [4.69, 9.17) is 16.3 Å². The lowest BCUT2D eigenvalue weighted by atomic mass is 9.89. The number of aryl methyl sites for hydroxylation is 1. The molecule has 0 aliphatic heterocycles. The van der Waals surface area contributed by atoms with Gasteiger partial charge >= 0.3 is 0 Å². The molecule has 0 unspecified atom stereocenters. The SMILES string of the molecule is CCCOc1cc(C)nc(NCC2CCC(Cl)CC2)n1. The van der Waals surface area contributed by atoms with Crippen LogP contribution in [0.5, 0.6) is 5.88 Å². The zero-order chi connectivity index (χ0) is 14.4. The second-order valence-electron chi connectivity index (χ2n) is 5.52. The van der Waals surface area contributed by atoms with E-state index in [0.717, 1.165) is 31.5 Å². The largest absolute Gasteiger partial charge is 0.478 e. The zero-order valence-corrected chi connectivity index (χ0v) is 13.1. The molecule has 0 bridgehead atoms. The van der Waals surface area contributed by atoms with Gasteiger partial charge in [-0.15, -0.1) is 11.6 Å². The first kappa shape index (κ1) is 15.4. The van der Waals surface area contributed by atoms with E-state index in [1.54, 1.807) is 0 Å². The van der Waals surface area contributed by atoms with Gasteiger partial charge in [0.1, 0.15) is 0 Å². The van der Waals surface area contributed by atoms with Crippen molar-refractivity contribution < 1.29 is 4.74 Å². The van der Waals surface area contributed by atoms with Gasteiger partial charge in [-0.3, -0.25) is 0 Å². The average molecular weight is 298 g/mol. The Hall–Kier alpha value is -1.03. The summed E-state index contributed by atoms with van der Waals surface area (Å²) in [7, 11) is 0. The van der Waals surface area contributed by atoms with Crippen molar-refractivity contribution in [1.82, 2.24) is 9.97 Å². The van der Waals surface area contributed by atoms with Crippen LogP contribution in [0, 0.1) is 12.8 Å². The van der Waals surface area contributed by atoms with Crippen LogP contribution in [0.3, 0.4) is 0 Å². The molecule has 4 nitrogen and oxygen atoms in total. The molecule has 0 spiro atoms. The van der Waals surface area contributed by atoms with Crippen LogP contribution in [0.15, 0.2) is 6.07 Å². The first-order chi connectivity index (χ1) is 9.67. The molecule has 1 fully saturated rings. The Morgan fingerprint density at radius 3 is 2.75 bits per heavy atom. The molecule has 1 aliphatic carbocycles. The van der Waals surface area contributed by atoms with Gasteiger partial charge in [0, 0.05) is 23.7 Å². The summed E-state index contributed by atoms with van der Waals surface area (Å²) in [4.78, 5) is 8.81. The fourth-order valence-electron chi connectivity index (χ4n) is 2.46. The van der Waals surface area contributed by atoms with E-state index in [2.05, 4.69) is 22.2 Å². The molecule has 2 rings (SSSR count). The number of hydrogen-bond donors (Lipinski definition) is 1. The molecule has 1 N–H and O–H groups in total. The van der Waals surface area contributed by atoms with E-state index in [0.29, 0.717) is 29.7 Å². The number of rotatable bonds is 6. The van der Waals surface area contributed by atoms with Crippen LogP contribution in [0.1, 0.15) is 44.7 Å². The second-order valence-corrected chi connectivity index (χ2v) is 6.14. The van der Waals surface area contributed by atoms with Gasteiger partial charge in [0.2, 0.25) is 11.8 Å². The molecule has 0 saturated heterocycles. The summed E-state index contributed by atoms with van der Waals surface area (Å²) in [5.41, 5.74) is 0.929. The van der Waals surface area contributed by atoms with Gasteiger partial charge in [0.05, 0.1) is 6.61 Å². The Labute approximate surface area is 126 Å². The number of ether oxygens (including phenoxy) is 1. The van der Waals surface area contributed by atoms with Crippen molar-refractivity contribution in [1.29, 1.82) is 0 Å². The fraction of sp³-hybridized carbons (Fsp3) is 0.733. The van der Waals surface area contributed by atoms with Gasteiger partial charge in [0.25, 0.3) is 0 Å². The predicted molar refractivity (Wildman–Crippen MR) is 82.6 cm³/mol. The summed E-state index contributed by atoms with van der Waals surface area (Å²) in [5.74, 6) is 2.00. The lowest BCUT2D eigenvalue weighted by molar-refractivity contribution is 0.304. The zero-order valence-electron chi connectivity index (χ0n) is 12.4. The van der Waals surface area contributed by atoms with Gasteiger partial charge in [-0.05, 0) is 44.9 Å². The van der Waals surface area contributed by atoms with Crippen LogP contribution in [-0.2, 0) is 0 Å². The first-order valence-electron chi connectivity index (χ1n) is 7.53. The lowest BCUT2D eigenvalue weighted by Gasteiger charge is -2.25. The van der Waals surface area contributed by atoms with Gasteiger partial charge in [-0.2, -0.15) is 4.98 Å². The third-order valence-electron chi connectivity index (χ3n) is 3.61. The summed E-state index contributed by atoms with van der Waals surface area (Å²) in [5, 5.41) is 3.71. The maximum absolute atomic E-state index is 6.13. The molecule has 0 atom stereocenters. The summed E-state index contributed by atoms with van der Waals surface area (Å²) >= 11 is 6.13. The minimum atomic E-state index is 0.371. The monoisotopic (exact) mass is 297 g/mol. The maximum atomic E-state index is 6.13. The Morgan fingerprint density at radius 1 is 1.30 bits per heavy atom. The molecule has 1 aromatic heterocycles. The Kier molecular flexibility index (Phi) is 5.89. The van der Waals surface area contributed by atoms with E-state index < -0.39 is 0 Å². The summed E-state index contributed by atoms with van der Waals surface area (Å²) < 4.78 is 5.57. The van der Waals surface area contributed by atoms with Gasteiger partial charge in [0.15, 0.2) is 0 Å². The third-order valence-corrected chi connectivity index (χ3v) is 4.05. The molecule has 0 amide bonds. The number of anilines is 1.